The summed E-state index contributed by atoms with van der Waals surface area (Å²) in [6.07, 6.45) is 5.85. The Hall–Kier alpha value is -2.18. The smallest absolute Gasteiger partial charge is 0.358 e. The van der Waals surface area contributed by atoms with Crippen molar-refractivity contribution in [2.45, 2.75) is 32.9 Å². The molecule has 0 aromatic carbocycles. The molecule has 7 nitrogen and oxygen atoms in total. The first-order valence-electron chi connectivity index (χ1n) is 6.38. The summed E-state index contributed by atoms with van der Waals surface area (Å²) in [4.78, 5) is 11.2. The molecule has 0 aliphatic heterocycles. The molecule has 100 valence electrons. The largest absolute Gasteiger partial charge is 0.476 e. The van der Waals surface area contributed by atoms with Gasteiger partial charge in [-0.05, 0) is 25.7 Å². The minimum absolute atomic E-state index is 0.00342. The van der Waals surface area contributed by atoms with Crippen molar-refractivity contribution >= 4 is 5.97 Å². The van der Waals surface area contributed by atoms with Crippen LogP contribution < -0.4 is 0 Å². The zero-order chi connectivity index (χ0) is 13.4. The number of hydrogen-bond donors (Lipinski definition) is 1. The van der Waals surface area contributed by atoms with Crippen LogP contribution in [0, 0.1) is 5.92 Å². The summed E-state index contributed by atoms with van der Waals surface area (Å²) in [6, 6.07) is 0. The third-order valence-electron chi connectivity index (χ3n) is 3.30. The normalized spacial score (nSPS) is 14.8. The Morgan fingerprint density at radius 1 is 1.53 bits per heavy atom. The van der Waals surface area contributed by atoms with Gasteiger partial charge in [-0.2, -0.15) is 5.10 Å². The van der Waals surface area contributed by atoms with Gasteiger partial charge in [0, 0.05) is 24.8 Å². The number of rotatable bonds is 5. The van der Waals surface area contributed by atoms with Gasteiger partial charge in [0.25, 0.3) is 0 Å². The molecule has 1 fully saturated rings. The second kappa shape index (κ2) is 4.49. The summed E-state index contributed by atoms with van der Waals surface area (Å²) < 4.78 is 3.45. The molecule has 0 atom stereocenters. The van der Waals surface area contributed by atoms with Crippen molar-refractivity contribution in [3.05, 3.63) is 18.1 Å². The molecule has 2 heterocycles. The predicted octanol–water partition coefficient (Wildman–Crippen LogP) is 1.27. The summed E-state index contributed by atoms with van der Waals surface area (Å²) in [6.45, 7) is 3.45. The molecule has 2 aromatic heterocycles. The fourth-order valence-corrected chi connectivity index (χ4v) is 2.07. The van der Waals surface area contributed by atoms with E-state index in [0.29, 0.717) is 11.6 Å². The highest BCUT2D eigenvalue weighted by molar-refractivity contribution is 5.92. The van der Waals surface area contributed by atoms with Gasteiger partial charge in [0.05, 0.1) is 6.20 Å². The minimum atomic E-state index is -1.05. The zero-order valence-electron chi connectivity index (χ0n) is 10.7. The predicted molar refractivity (Wildman–Crippen MR) is 66.6 cm³/mol. The van der Waals surface area contributed by atoms with Crippen LogP contribution in [0.25, 0.3) is 11.3 Å². The van der Waals surface area contributed by atoms with Gasteiger partial charge in [-0.15, -0.1) is 5.10 Å². The first kappa shape index (κ1) is 11.9. The van der Waals surface area contributed by atoms with Gasteiger partial charge in [0.2, 0.25) is 0 Å². The molecular weight excluding hydrogens is 246 g/mol. The van der Waals surface area contributed by atoms with Crippen molar-refractivity contribution in [1.82, 2.24) is 24.8 Å². The lowest BCUT2D eigenvalue weighted by Crippen LogP contribution is -2.06. The molecule has 7 heteroatoms. The SMILES string of the molecule is CCn1cc(-c2c(C(=O)O)nnn2CC2CC2)cn1. The van der Waals surface area contributed by atoms with E-state index in [1.54, 1.807) is 15.6 Å². The Labute approximate surface area is 109 Å². The van der Waals surface area contributed by atoms with Crippen molar-refractivity contribution in [2.24, 2.45) is 5.92 Å². The molecule has 2 aromatic rings. The highest BCUT2D eigenvalue weighted by atomic mass is 16.4. The third-order valence-corrected chi connectivity index (χ3v) is 3.30. The van der Waals surface area contributed by atoms with Crippen molar-refractivity contribution in [2.75, 3.05) is 0 Å². The van der Waals surface area contributed by atoms with Gasteiger partial charge < -0.3 is 5.11 Å². The second-order valence-electron chi connectivity index (χ2n) is 4.80. The maximum absolute atomic E-state index is 11.2. The van der Waals surface area contributed by atoms with Gasteiger partial charge in [-0.1, -0.05) is 5.21 Å². The average molecular weight is 261 g/mol. The van der Waals surface area contributed by atoms with E-state index in [1.165, 1.54) is 12.8 Å². The number of aryl methyl sites for hydroxylation is 1. The molecule has 0 radical (unpaired) electrons. The van der Waals surface area contributed by atoms with Crippen molar-refractivity contribution < 1.29 is 9.90 Å². The number of carboxylic acid groups (broad SMARTS) is 1. The Bertz CT molecular complexity index is 611. The standard InChI is InChI=1S/C12H15N5O2/c1-2-16-7-9(5-13-16)11-10(12(18)19)14-15-17(11)6-8-3-4-8/h5,7-8H,2-4,6H2,1H3,(H,18,19). The average Bonchev–Trinajstić information content (AvgIpc) is 2.92. The Kier molecular flexibility index (Phi) is 2.81. The van der Waals surface area contributed by atoms with Crippen molar-refractivity contribution in [3.8, 4) is 11.3 Å². The molecule has 0 unspecified atom stereocenters. The van der Waals surface area contributed by atoms with E-state index < -0.39 is 5.97 Å². The zero-order valence-corrected chi connectivity index (χ0v) is 10.7. The van der Waals surface area contributed by atoms with Gasteiger partial charge >= 0.3 is 5.97 Å². The fourth-order valence-electron chi connectivity index (χ4n) is 2.07. The van der Waals surface area contributed by atoms with Crippen molar-refractivity contribution in [3.63, 3.8) is 0 Å². The summed E-state index contributed by atoms with van der Waals surface area (Å²) in [7, 11) is 0. The second-order valence-corrected chi connectivity index (χ2v) is 4.80. The summed E-state index contributed by atoms with van der Waals surface area (Å²) in [5, 5.41) is 21.2. The Morgan fingerprint density at radius 2 is 2.32 bits per heavy atom. The van der Waals surface area contributed by atoms with E-state index in [0.717, 1.165) is 18.7 Å². The van der Waals surface area contributed by atoms with Gasteiger partial charge in [0.1, 0.15) is 5.69 Å². The number of carbonyl (C=O) groups is 1. The van der Waals surface area contributed by atoms with E-state index in [9.17, 15) is 9.90 Å². The van der Waals surface area contributed by atoms with E-state index in [2.05, 4.69) is 15.4 Å². The van der Waals surface area contributed by atoms with Crippen LogP contribution in [0.4, 0.5) is 0 Å². The van der Waals surface area contributed by atoms with E-state index in [4.69, 9.17) is 0 Å². The van der Waals surface area contributed by atoms with E-state index in [1.807, 2.05) is 13.1 Å². The van der Waals surface area contributed by atoms with E-state index >= 15 is 0 Å². The van der Waals surface area contributed by atoms with Crippen molar-refractivity contribution in [1.29, 1.82) is 0 Å². The van der Waals surface area contributed by atoms with Gasteiger partial charge in [-0.25, -0.2) is 9.48 Å². The lowest BCUT2D eigenvalue weighted by atomic mass is 10.2. The number of aromatic nitrogens is 5. The van der Waals surface area contributed by atoms with Gasteiger partial charge in [-0.3, -0.25) is 4.68 Å². The molecule has 1 aliphatic carbocycles. The first-order valence-corrected chi connectivity index (χ1v) is 6.38. The lowest BCUT2D eigenvalue weighted by molar-refractivity contribution is 0.0691. The summed E-state index contributed by atoms with van der Waals surface area (Å²) in [5.41, 5.74) is 1.31. The monoisotopic (exact) mass is 261 g/mol. The number of aromatic carboxylic acids is 1. The quantitative estimate of drug-likeness (QED) is 0.876. The molecule has 0 saturated heterocycles. The summed E-state index contributed by atoms with van der Waals surface area (Å²) in [5.74, 6) is -0.454. The van der Waals surface area contributed by atoms with Crippen LogP contribution >= 0.6 is 0 Å². The first-order chi connectivity index (χ1) is 9.19. The van der Waals surface area contributed by atoms with Crippen LogP contribution in [0.2, 0.25) is 0 Å². The highest BCUT2D eigenvalue weighted by Crippen LogP contribution is 2.32. The van der Waals surface area contributed by atoms with Crippen LogP contribution in [0.15, 0.2) is 12.4 Å². The lowest BCUT2D eigenvalue weighted by Gasteiger charge is -2.03. The molecule has 1 aliphatic rings. The molecule has 0 spiro atoms. The third kappa shape index (κ3) is 2.23. The van der Waals surface area contributed by atoms with E-state index in [-0.39, 0.29) is 5.69 Å². The molecule has 1 N–H and O–H groups in total. The molecule has 0 bridgehead atoms. The Balaban J connectivity index is 2.04. The highest BCUT2D eigenvalue weighted by Gasteiger charge is 2.27. The molecule has 1 saturated carbocycles. The van der Waals surface area contributed by atoms with Crippen LogP contribution in [0.3, 0.4) is 0 Å². The van der Waals surface area contributed by atoms with Crippen LogP contribution in [0.1, 0.15) is 30.3 Å². The van der Waals surface area contributed by atoms with Crippen LogP contribution in [0.5, 0.6) is 0 Å². The molecule has 3 rings (SSSR count). The Morgan fingerprint density at radius 3 is 2.89 bits per heavy atom. The number of nitrogens with zero attached hydrogens (tertiary/aromatic N) is 5. The molecule has 19 heavy (non-hydrogen) atoms. The number of carboxylic acids is 1. The summed E-state index contributed by atoms with van der Waals surface area (Å²) >= 11 is 0. The molecular formula is C12H15N5O2. The maximum atomic E-state index is 11.2. The maximum Gasteiger partial charge on any atom is 0.358 e. The minimum Gasteiger partial charge on any atom is -0.476 e. The fraction of sp³-hybridized carbons (Fsp3) is 0.500. The van der Waals surface area contributed by atoms with Gasteiger partial charge in [0.15, 0.2) is 5.69 Å². The molecule has 0 amide bonds. The number of hydrogen-bond acceptors (Lipinski definition) is 4. The van der Waals surface area contributed by atoms with Crippen LogP contribution in [-0.4, -0.2) is 35.9 Å². The van der Waals surface area contributed by atoms with Crippen LogP contribution in [-0.2, 0) is 13.1 Å². The topological polar surface area (TPSA) is 85.8 Å².